The lowest BCUT2D eigenvalue weighted by Gasteiger charge is -2.10. The fraction of sp³-hybridized carbons (Fsp3) is 0.250. The molecule has 0 fully saturated rings. The minimum absolute atomic E-state index is 0.111. The molecule has 1 aromatic heterocycles. The highest BCUT2D eigenvalue weighted by Crippen LogP contribution is 2.20. The molecular weight excluding hydrogens is 289 g/mol. The van der Waals surface area contributed by atoms with E-state index in [4.69, 9.17) is 9.84 Å². The first-order valence-electron chi connectivity index (χ1n) is 6.92. The quantitative estimate of drug-likeness (QED) is 0.833. The Morgan fingerprint density at radius 2 is 2.14 bits per heavy atom. The van der Waals surface area contributed by atoms with Gasteiger partial charge in [0, 0.05) is 12.3 Å². The first kappa shape index (κ1) is 15.8. The number of pyridine rings is 1. The highest BCUT2D eigenvalue weighted by atomic mass is 19.1. The lowest BCUT2D eigenvalue weighted by atomic mass is 10.2. The normalized spacial score (nSPS) is 10.5. The van der Waals surface area contributed by atoms with Gasteiger partial charge in [-0.15, -0.1) is 0 Å². The highest BCUT2D eigenvalue weighted by molar-refractivity contribution is 5.87. The van der Waals surface area contributed by atoms with Crippen LogP contribution in [-0.2, 0) is 0 Å². The van der Waals surface area contributed by atoms with Gasteiger partial charge in [-0.1, -0.05) is 13.3 Å². The van der Waals surface area contributed by atoms with Crippen molar-refractivity contribution in [2.75, 3.05) is 6.61 Å². The van der Waals surface area contributed by atoms with Gasteiger partial charge in [0.25, 0.3) is 5.56 Å². The van der Waals surface area contributed by atoms with Gasteiger partial charge in [-0.2, -0.15) is 0 Å². The molecule has 1 N–H and O–H groups in total. The molecule has 116 valence electrons. The highest BCUT2D eigenvalue weighted by Gasteiger charge is 2.12. The second kappa shape index (κ2) is 6.89. The number of unbranched alkanes of at least 4 members (excludes halogenated alkanes) is 1. The van der Waals surface area contributed by atoms with Crippen LogP contribution in [0.1, 0.15) is 30.1 Å². The van der Waals surface area contributed by atoms with Crippen LogP contribution in [0.15, 0.2) is 41.3 Å². The van der Waals surface area contributed by atoms with Crippen molar-refractivity contribution < 1.29 is 19.0 Å². The second-order valence-electron chi connectivity index (χ2n) is 4.72. The SMILES string of the molecule is CCCCOc1ccc(-n2cccc(C(=O)O)c2=O)cc1F. The molecule has 0 unspecified atom stereocenters. The topological polar surface area (TPSA) is 68.5 Å². The van der Waals surface area contributed by atoms with E-state index in [2.05, 4.69) is 0 Å². The summed E-state index contributed by atoms with van der Waals surface area (Å²) in [5.41, 5.74) is -0.839. The van der Waals surface area contributed by atoms with Crippen LogP contribution in [0, 0.1) is 5.82 Å². The van der Waals surface area contributed by atoms with E-state index in [-0.39, 0.29) is 17.0 Å². The number of hydrogen-bond donors (Lipinski definition) is 1. The van der Waals surface area contributed by atoms with Gasteiger partial charge in [-0.05, 0) is 30.7 Å². The van der Waals surface area contributed by atoms with Crippen LogP contribution in [0.25, 0.3) is 5.69 Å². The number of carboxylic acids is 1. The van der Waals surface area contributed by atoms with E-state index in [0.29, 0.717) is 6.61 Å². The van der Waals surface area contributed by atoms with Crippen molar-refractivity contribution in [3.8, 4) is 11.4 Å². The lowest BCUT2D eigenvalue weighted by Crippen LogP contribution is -2.24. The molecule has 22 heavy (non-hydrogen) atoms. The summed E-state index contributed by atoms with van der Waals surface area (Å²) in [5, 5.41) is 8.95. The molecule has 1 heterocycles. The molecular formula is C16H16FNO4. The number of halogens is 1. The predicted octanol–water partition coefficient (Wildman–Crippen LogP) is 2.85. The molecule has 0 atom stereocenters. The van der Waals surface area contributed by atoms with Crippen molar-refractivity contribution >= 4 is 5.97 Å². The van der Waals surface area contributed by atoms with Crippen LogP contribution in [0.3, 0.4) is 0 Å². The summed E-state index contributed by atoms with van der Waals surface area (Å²) in [6.45, 7) is 2.42. The number of aromatic nitrogens is 1. The fourth-order valence-corrected chi connectivity index (χ4v) is 1.94. The van der Waals surface area contributed by atoms with Gasteiger partial charge >= 0.3 is 5.97 Å². The standard InChI is InChI=1S/C16H16FNO4/c1-2-3-9-22-14-7-6-11(10-13(14)17)18-8-4-5-12(15(18)19)16(20)21/h4-8,10H,2-3,9H2,1H3,(H,20,21). The Balaban J connectivity index is 2.35. The van der Waals surface area contributed by atoms with Crippen LogP contribution >= 0.6 is 0 Å². The third kappa shape index (κ3) is 3.33. The predicted molar refractivity (Wildman–Crippen MR) is 79.4 cm³/mol. The number of hydrogen-bond acceptors (Lipinski definition) is 3. The van der Waals surface area contributed by atoms with E-state index in [0.717, 1.165) is 23.5 Å². The summed E-state index contributed by atoms with van der Waals surface area (Å²) in [5.74, 6) is -1.81. The van der Waals surface area contributed by atoms with Gasteiger partial charge < -0.3 is 9.84 Å². The van der Waals surface area contributed by atoms with Gasteiger partial charge in [0.2, 0.25) is 0 Å². The molecule has 5 nitrogen and oxygen atoms in total. The summed E-state index contributed by atoms with van der Waals surface area (Å²) in [6.07, 6.45) is 3.15. The molecule has 0 aliphatic rings. The molecule has 1 aromatic carbocycles. The third-order valence-corrected chi connectivity index (χ3v) is 3.13. The molecule has 0 aliphatic heterocycles. The average molecular weight is 305 g/mol. The first-order valence-corrected chi connectivity index (χ1v) is 6.92. The van der Waals surface area contributed by atoms with Crippen molar-refractivity contribution in [2.45, 2.75) is 19.8 Å². The monoisotopic (exact) mass is 305 g/mol. The molecule has 0 spiro atoms. The largest absolute Gasteiger partial charge is 0.491 e. The summed E-state index contributed by atoms with van der Waals surface area (Å²) < 4.78 is 20.4. The zero-order valence-electron chi connectivity index (χ0n) is 12.1. The van der Waals surface area contributed by atoms with Gasteiger partial charge in [-0.3, -0.25) is 9.36 Å². The molecule has 0 bridgehead atoms. The number of benzene rings is 1. The Bertz CT molecular complexity index is 739. The van der Waals surface area contributed by atoms with Crippen LogP contribution in [0.2, 0.25) is 0 Å². The third-order valence-electron chi connectivity index (χ3n) is 3.13. The maximum Gasteiger partial charge on any atom is 0.341 e. The molecule has 0 amide bonds. The van der Waals surface area contributed by atoms with E-state index in [1.165, 1.54) is 30.5 Å². The zero-order valence-corrected chi connectivity index (χ0v) is 12.1. The van der Waals surface area contributed by atoms with Crippen molar-refractivity contribution in [3.05, 3.63) is 58.3 Å². The second-order valence-corrected chi connectivity index (χ2v) is 4.72. The molecule has 0 saturated heterocycles. The van der Waals surface area contributed by atoms with Crippen LogP contribution in [0.4, 0.5) is 4.39 Å². The maximum atomic E-state index is 14.0. The van der Waals surface area contributed by atoms with Gasteiger partial charge in [0.1, 0.15) is 5.56 Å². The smallest absolute Gasteiger partial charge is 0.341 e. The summed E-state index contributed by atoms with van der Waals surface area (Å²) >= 11 is 0. The maximum absolute atomic E-state index is 14.0. The van der Waals surface area contributed by atoms with Crippen molar-refractivity contribution in [2.24, 2.45) is 0 Å². The van der Waals surface area contributed by atoms with Crippen molar-refractivity contribution in [3.63, 3.8) is 0 Å². The molecule has 2 rings (SSSR count). The number of rotatable bonds is 6. The van der Waals surface area contributed by atoms with Gasteiger partial charge in [-0.25, -0.2) is 9.18 Å². The molecule has 2 aromatic rings. The van der Waals surface area contributed by atoms with Crippen LogP contribution < -0.4 is 10.3 Å². The van der Waals surface area contributed by atoms with Gasteiger partial charge in [0.05, 0.1) is 12.3 Å². The summed E-state index contributed by atoms with van der Waals surface area (Å²) in [4.78, 5) is 23.0. The van der Waals surface area contributed by atoms with Crippen LogP contribution in [0.5, 0.6) is 5.75 Å². The molecule has 6 heteroatoms. The van der Waals surface area contributed by atoms with Crippen LogP contribution in [-0.4, -0.2) is 22.2 Å². The lowest BCUT2D eigenvalue weighted by molar-refractivity contribution is 0.0694. The number of nitrogens with zero attached hydrogens (tertiary/aromatic N) is 1. The molecule has 0 aliphatic carbocycles. The summed E-state index contributed by atoms with van der Waals surface area (Å²) in [6, 6.07) is 6.72. The Morgan fingerprint density at radius 1 is 1.36 bits per heavy atom. The number of ether oxygens (including phenoxy) is 1. The Hall–Kier alpha value is -2.63. The zero-order chi connectivity index (χ0) is 16.1. The van der Waals surface area contributed by atoms with Gasteiger partial charge in [0.15, 0.2) is 11.6 Å². The van der Waals surface area contributed by atoms with E-state index in [9.17, 15) is 14.0 Å². The summed E-state index contributed by atoms with van der Waals surface area (Å²) in [7, 11) is 0. The Morgan fingerprint density at radius 3 is 2.77 bits per heavy atom. The average Bonchev–Trinajstić information content (AvgIpc) is 2.49. The molecule has 0 radical (unpaired) electrons. The minimum atomic E-state index is -1.32. The van der Waals surface area contributed by atoms with Crippen molar-refractivity contribution in [1.82, 2.24) is 4.57 Å². The van der Waals surface area contributed by atoms with Crippen molar-refractivity contribution in [1.29, 1.82) is 0 Å². The van der Waals surface area contributed by atoms with E-state index in [1.54, 1.807) is 0 Å². The fourth-order valence-electron chi connectivity index (χ4n) is 1.94. The molecule has 0 saturated carbocycles. The van der Waals surface area contributed by atoms with E-state index < -0.39 is 17.3 Å². The van der Waals surface area contributed by atoms with E-state index >= 15 is 0 Å². The van der Waals surface area contributed by atoms with E-state index in [1.807, 2.05) is 6.92 Å². The number of carboxylic acid groups (broad SMARTS) is 1. The Labute approximate surface area is 126 Å². The minimum Gasteiger partial charge on any atom is -0.491 e. The number of carbonyl (C=O) groups is 1. The first-order chi connectivity index (χ1) is 10.5. The Kier molecular flexibility index (Phi) is 4.93. The number of aromatic carboxylic acids is 1.